The summed E-state index contributed by atoms with van der Waals surface area (Å²) in [6.07, 6.45) is 6.20. The van der Waals surface area contributed by atoms with Crippen molar-refractivity contribution in [1.82, 2.24) is 0 Å². The fourth-order valence-electron chi connectivity index (χ4n) is 1.68. The molecule has 0 heterocycles. The van der Waals surface area contributed by atoms with Gasteiger partial charge in [0.15, 0.2) is 0 Å². The predicted molar refractivity (Wildman–Crippen MR) is 87.5 cm³/mol. The van der Waals surface area contributed by atoms with E-state index >= 15 is 0 Å². The molecule has 0 bridgehead atoms. The number of hydrogen-bond donors (Lipinski definition) is 0. The number of esters is 2. The van der Waals surface area contributed by atoms with Gasteiger partial charge in [0.25, 0.3) is 0 Å². The highest BCUT2D eigenvalue weighted by molar-refractivity contribution is 7.99. The van der Waals surface area contributed by atoms with E-state index < -0.39 is 0 Å². The van der Waals surface area contributed by atoms with Crippen molar-refractivity contribution < 1.29 is 19.1 Å². The van der Waals surface area contributed by atoms with Gasteiger partial charge in [-0.3, -0.25) is 9.59 Å². The first kappa shape index (κ1) is 20.3. The number of rotatable bonds is 13. The van der Waals surface area contributed by atoms with Gasteiger partial charge in [-0.2, -0.15) is 11.8 Å². The molecule has 0 aliphatic rings. The highest BCUT2D eigenvalue weighted by Gasteiger charge is 2.14. The van der Waals surface area contributed by atoms with E-state index in [9.17, 15) is 9.59 Å². The van der Waals surface area contributed by atoms with Crippen LogP contribution in [0.2, 0.25) is 0 Å². The quantitative estimate of drug-likeness (QED) is 0.382. The van der Waals surface area contributed by atoms with Gasteiger partial charge in [-0.05, 0) is 18.6 Å². The average Bonchev–Trinajstić information content (AvgIpc) is 2.47. The first-order valence-electron chi connectivity index (χ1n) is 8.01. The van der Waals surface area contributed by atoms with Crippen LogP contribution in [0.25, 0.3) is 0 Å². The van der Waals surface area contributed by atoms with Crippen LogP contribution >= 0.6 is 11.8 Å². The molecule has 0 aliphatic carbocycles. The van der Waals surface area contributed by atoms with Gasteiger partial charge in [0.2, 0.25) is 0 Å². The van der Waals surface area contributed by atoms with Crippen LogP contribution in [0.3, 0.4) is 0 Å². The topological polar surface area (TPSA) is 52.6 Å². The third-order valence-electron chi connectivity index (χ3n) is 2.96. The van der Waals surface area contributed by atoms with Crippen molar-refractivity contribution in [3.05, 3.63) is 0 Å². The monoisotopic (exact) mass is 318 g/mol. The molecule has 0 N–H and O–H groups in total. The average molecular weight is 318 g/mol. The SMILES string of the molecule is CCCCCCSCC(C)C(=O)OCCOC(=O)CCC. The van der Waals surface area contributed by atoms with Gasteiger partial charge in [0.05, 0.1) is 5.92 Å². The van der Waals surface area contributed by atoms with E-state index in [1.54, 1.807) is 11.8 Å². The zero-order valence-electron chi connectivity index (χ0n) is 13.7. The van der Waals surface area contributed by atoms with Gasteiger partial charge in [-0.25, -0.2) is 0 Å². The maximum Gasteiger partial charge on any atom is 0.309 e. The largest absolute Gasteiger partial charge is 0.462 e. The van der Waals surface area contributed by atoms with Gasteiger partial charge in [0.1, 0.15) is 13.2 Å². The molecule has 0 radical (unpaired) electrons. The first-order valence-corrected chi connectivity index (χ1v) is 9.17. The van der Waals surface area contributed by atoms with E-state index in [4.69, 9.17) is 9.47 Å². The maximum absolute atomic E-state index is 11.7. The van der Waals surface area contributed by atoms with Crippen molar-refractivity contribution in [2.45, 2.75) is 59.3 Å². The molecular weight excluding hydrogens is 288 g/mol. The van der Waals surface area contributed by atoms with Crippen LogP contribution in [-0.2, 0) is 19.1 Å². The molecule has 0 amide bonds. The summed E-state index contributed by atoms with van der Waals surface area (Å²) in [5.41, 5.74) is 0. The van der Waals surface area contributed by atoms with Crippen LogP contribution in [-0.4, -0.2) is 36.7 Å². The third-order valence-corrected chi connectivity index (χ3v) is 4.27. The number of thioether (sulfide) groups is 1. The van der Waals surface area contributed by atoms with Crippen molar-refractivity contribution in [1.29, 1.82) is 0 Å². The Labute approximate surface area is 133 Å². The fraction of sp³-hybridized carbons (Fsp3) is 0.875. The van der Waals surface area contributed by atoms with Gasteiger partial charge >= 0.3 is 11.9 Å². The Morgan fingerprint density at radius 3 is 2.38 bits per heavy atom. The smallest absolute Gasteiger partial charge is 0.309 e. The van der Waals surface area contributed by atoms with E-state index in [0.29, 0.717) is 6.42 Å². The second-order valence-corrected chi connectivity index (χ2v) is 6.32. The molecule has 124 valence electrons. The van der Waals surface area contributed by atoms with Crippen molar-refractivity contribution in [3.8, 4) is 0 Å². The lowest BCUT2D eigenvalue weighted by Crippen LogP contribution is -2.20. The standard InChI is InChI=1S/C16H30O4S/c1-4-6-7-8-12-21-13-14(3)16(18)20-11-10-19-15(17)9-5-2/h14H,4-13H2,1-3H3. The van der Waals surface area contributed by atoms with Crippen molar-refractivity contribution in [3.63, 3.8) is 0 Å². The summed E-state index contributed by atoms with van der Waals surface area (Å²) >= 11 is 1.80. The molecule has 0 rings (SSSR count). The molecular formula is C16H30O4S. The Bertz CT molecular complexity index is 281. The van der Waals surface area contributed by atoms with E-state index in [1.165, 1.54) is 25.7 Å². The second-order valence-electron chi connectivity index (χ2n) is 5.17. The zero-order chi connectivity index (χ0) is 15.9. The zero-order valence-corrected chi connectivity index (χ0v) is 14.5. The molecule has 0 aromatic heterocycles. The minimum atomic E-state index is -0.232. The molecule has 1 unspecified atom stereocenters. The Balaban J connectivity index is 3.50. The van der Waals surface area contributed by atoms with E-state index in [2.05, 4.69) is 6.92 Å². The lowest BCUT2D eigenvalue weighted by atomic mass is 10.2. The van der Waals surface area contributed by atoms with Crippen molar-refractivity contribution in [2.24, 2.45) is 5.92 Å². The lowest BCUT2D eigenvalue weighted by Gasteiger charge is -2.11. The van der Waals surface area contributed by atoms with Gasteiger partial charge in [-0.1, -0.05) is 40.0 Å². The van der Waals surface area contributed by atoms with Gasteiger partial charge in [-0.15, -0.1) is 0 Å². The normalized spacial score (nSPS) is 12.0. The van der Waals surface area contributed by atoms with Crippen LogP contribution in [0, 0.1) is 5.92 Å². The molecule has 0 spiro atoms. The summed E-state index contributed by atoms with van der Waals surface area (Å²) in [5.74, 6) is 1.35. The van der Waals surface area contributed by atoms with Crippen LogP contribution in [0.4, 0.5) is 0 Å². The highest BCUT2D eigenvalue weighted by atomic mass is 32.2. The summed E-state index contributed by atoms with van der Waals surface area (Å²) in [6.45, 7) is 6.30. The molecule has 0 aromatic carbocycles. The van der Waals surface area contributed by atoms with Gasteiger partial charge in [0, 0.05) is 12.2 Å². The van der Waals surface area contributed by atoms with E-state index in [-0.39, 0.29) is 31.1 Å². The molecule has 0 saturated carbocycles. The summed E-state index contributed by atoms with van der Waals surface area (Å²) in [4.78, 5) is 22.8. The van der Waals surface area contributed by atoms with Crippen molar-refractivity contribution in [2.75, 3.05) is 24.7 Å². The number of hydrogen-bond acceptors (Lipinski definition) is 5. The highest BCUT2D eigenvalue weighted by Crippen LogP contribution is 2.13. The lowest BCUT2D eigenvalue weighted by molar-refractivity contribution is -0.154. The third kappa shape index (κ3) is 12.7. The Kier molecular flexibility index (Phi) is 13.8. The van der Waals surface area contributed by atoms with Crippen LogP contribution in [0.5, 0.6) is 0 Å². The Morgan fingerprint density at radius 1 is 1.00 bits per heavy atom. The van der Waals surface area contributed by atoms with Crippen molar-refractivity contribution >= 4 is 23.7 Å². The van der Waals surface area contributed by atoms with E-state index in [1.807, 2.05) is 13.8 Å². The van der Waals surface area contributed by atoms with E-state index in [0.717, 1.165) is 17.9 Å². The van der Waals surface area contributed by atoms with Crippen LogP contribution < -0.4 is 0 Å². The summed E-state index contributed by atoms with van der Waals surface area (Å²) in [7, 11) is 0. The summed E-state index contributed by atoms with van der Waals surface area (Å²) in [6, 6.07) is 0. The maximum atomic E-state index is 11.7. The number of unbranched alkanes of at least 4 members (excludes halogenated alkanes) is 3. The summed E-state index contributed by atoms with van der Waals surface area (Å²) < 4.78 is 10.0. The second kappa shape index (κ2) is 14.2. The van der Waals surface area contributed by atoms with Crippen LogP contribution in [0.1, 0.15) is 59.3 Å². The Hall–Kier alpha value is -0.710. The summed E-state index contributed by atoms with van der Waals surface area (Å²) in [5, 5.41) is 0. The molecule has 1 atom stereocenters. The Morgan fingerprint density at radius 2 is 1.71 bits per heavy atom. The number of ether oxygens (including phenoxy) is 2. The minimum absolute atomic E-state index is 0.104. The van der Waals surface area contributed by atoms with Crippen LogP contribution in [0.15, 0.2) is 0 Å². The predicted octanol–water partition coefficient (Wildman–Crippen LogP) is 3.82. The fourth-order valence-corrected chi connectivity index (χ4v) is 2.74. The first-order chi connectivity index (χ1) is 10.1. The molecule has 0 aliphatic heterocycles. The number of carbonyl (C=O) groups excluding carboxylic acids is 2. The molecule has 0 saturated heterocycles. The molecule has 21 heavy (non-hydrogen) atoms. The number of carbonyl (C=O) groups is 2. The molecule has 0 fully saturated rings. The minimum Gasteiger partial charge on any atom is -0.462 e. The molecule has 5 heteroatoms. The van der Waals surface area contributed by atoms with Gasteiger partial charge < -0.3 is 9.47 Å². The molecule has 0 aromatic rings. The molecule has 4 nitrogen and oxygen atoms in total.